The van der Waals surface area contributed by atoms with Gasteiger partial charge in [0.05, 0.1) is 24.8 Å². The van der Waals surface area contributed by atoms with Crippen LogP contribution >= 0.6 is 0 Å². The summed E-state index contributed by atoms with van der Waals surface area (Å²) < 4.78 is 31.1. The first kappa shape index (κ1) is 21.3. The van der Waals surface area contributed by atoms with Crippen molar-refractivity contribution in [2.75, 3.05) is 23.7 Å². The molecule has 0 saturated heterocycles. The predicted molar refractivity (Wildman–Crippen MR) is 119 cm³/mol. The molecular weight excluding hydrogens is 402 g/mol. The van der Waals surface area contributed by atoms with Gasteiger partial charge in [0.1, 0.15) is 12.3 Å². The third-order valence-electron chi connectivity index (χ3n) is 4.34. The van der Waals surface area contributed by atoms with Crippen molar-refractivity contribution in [3.63, 3.8) is 0 Å². The van der Waals surface area contributed by atoms with E-state index in [0.717, 1.165) is 26.9 Å². The van der Waals surface area contributed by atoms with Gasteiger partial charge in [0.2, 0.25) is 10.0 Å². The molecule has 0 atom stereocenters. The Morgan fingerprint density at radius 2 is 1.77 bits per heavy atom. The molecular formula is C22H23N3O4S. The number of para-hydroxylation sites is 2. The number of ether oxygens (including phenoxy) is 1. The van der Waals surface area contributed by atoms with Crippen LogP contribution in [-0.4, -0.2) is 39.9 Å². The van der Waals surface area contributed by atoms with E-state index in [1.807, 2.05) is 42.5 Å². The van der Waals surface area contributed by atoms with Crippen molar-refractivity contribution in [3.05, 3.63) is 72.3 Å². The Labute approximate surface area is 176 Å². The zero-order valence-electron chi connectivity index (χ0n) is 16.8. The van der Waals surface area contributed by atoms with Crippen LogP contribution in [0.25, 0.3) is 10.8 Å². The quantitative estimate of drug-likeness (QED) is 0.444. The second kappa shape index (κ2) is 9.41. The minimum Gasteiger partial charge on any atom is -0.492 e. The van der Waals surface area contributed by atoms with E-state index in [1.54, 1.807) is 37.4 Å². The number of rotatable bonds is 8. The third kappa shape index (κ3) is 5.15. The van der Waals surface area contributed by atoms with Crippen LogP contribution in [0.15, 0.2) is 71.8 Å². The fourth-order valence-electron chi connectivity index (χ4n) is 3.02. The van der Waals surface area contributed by atoms with Crippen LogP contribution in [0.2, 0.25) is 0 Å². The first-order valence-electron chi connectivity index (χ1n) is 9.39. The molecule has 7 nitrogen and oxygen atoms in total. The Hall–Kier alpha value is -3.39. The Morgan fingerprint density at radius 3 is 2.53 bits per heavy atom. The van der Waals surface area contributed by atoms with Crippen LogP contribution < -0.4 is 14.5 Å². The highest BCUT2D eigenvalue weighted by Crippen LogP contribution is 2.29. The molecule has 0 heterocycles. The van der Waals surface area contributed by atoms with Gasteiger partial charge >= 0.3 is 0 Å². The van der Waals surface area contributed by atoms with E-state index in [9.17, 15) is 13.2 Å². The molecule has 0 spiro atoms. The minimum absolute atomic E-state index is 0.301. The minimum atomic E-state index is -3.72. The smallest absolute Gasteiger partial charge is 0.260 e. The van der Waals surface area contributed by atoms with E-state index in [2.05, 4.69) is 10.5 Å². The summed E-state index contributed by atoms with van der Waals surface area (Å²) >= 11 is 0. The van der Waals surface area contributed by atoms with Gasteiger partial charge in [-0.2, -0.15) is 5.10 Å². The number of anilines is 1. The summed E-state index contributed by atoms with van der Waals surface area (Å²) in [7, 11) is -3.72. The number of carbonyl (C=O) groups excluding carboxylic acids is 1. The van der Waals surface area contributed by atoms with Gasteiger partial charge in [0.15, 0.2) is 0 Å². The molecule has 0 bridgehead atoms. The first-order chi connectivity index (χ1) is 14.4. The van der Waals surface area contributed by atoms with Crippen molar-refractivity contribution in [2.24, 2.45) is 5.10 Å². The molecule has 3 aromatic carbocycles. The molecule has 0 aromatic heterocycles. The molecule has 0 radical (unpaired) electrons. The van der Waals surface area contributed by atoms with Crippen molar-refractivity contribution in [1.82, 2.24) is 5.43 Å². The lowest BCUT2D eigenvalue weighted by Gasteiger charge is -2.23. The number of carbonyl (C=O) groups is 1. The summed E-state index contributed by atoms with van der Waals surface area (Å²) in [6.45, 7) is 1.75. The van der Waals surface area contributed by atoms with Crippen LogP contribution in [0.5, 0.6) is 5.75 Å². The fourth-order valence-corrected chi connectivity index (χ4v) is 3.88. The normalized spacial score (nSPS) is 11.5. The number of benzene rings is 3. The van der Waals surface area contributed by atoms with E-state index in [1.165, 1.54) is 0 Å². The maximum Gasteiger partial charge on any atom is 0.260 e. The lowest BCUT2D eigenvalue weighted by Crippen LogP contribution is -2.39. The molecule has 1 amide bonds. The second-order valence-corrected chi connectivity index (χ2v) is 8.44. The maximum atomic E-state index is 12.4. The number of sulfonamides is 1. The molecule has 0 saturated carbocycles. The third-order valence-corrected chi connectivity index (χ3v) is 5.46. The van der Waals surface area contributed by atoms with Gasteiger partial charge in [-0.25, -0.2) is 13.8 Å². The van der Waals surface area contributed by atoms with Crippen molar-refractivity contribution in [1.29, 1.82) is 0 Å². The van der Waals surface area contributed by atoms with Crippen LogP contribution in [-0.2, 0) is 14.8 Å². The zero-order valence-corrected chi connectivity index (χ0v) is 17.6. The summed E-state index contributed by atoms with van der Waals surface area (Å²) in [4.78, 5) is 12.4. The summed E-state index contributed by atoms with van der Waals surface area (Å²) in [5.41, 5.74) is 3.55. The van der Waals surface area contributed by atoms with Gasteiger partial charge in [0.25, 0.3) is 5.91 Å². The fraction of sp³-hybridized carbons (Fsp3) is 0.182. The number of hydrogen-bond acceptors (Lipinski definition) is 5. The largest absolute Gasteiger partial charge is 0.492 e. The number of fused-ring (bicyclic) bond motifs is 1. The van der Waals surface area contributed by atoms with Crippen LogP contribution in [0, 0.1) is 0 Å². The lowest BCUT2D eigenvalue weighted by atomic mass is 10.1. The lowest BCUT2D eigenvalue weighted by molar-refractivity contribution is -0.119. The summed E-state index contributed by atoms with van der Waals surface area (Å²) in [6, 6.07) is 20.3. The average Bonchev–Trinajstić information content (AvgIpc) is 2.72. The van der Waals surface area contributed by atoms with E-state index in [-0.39, 0.29) is 0 Å². The molecule has 0 aliphatic carbocycles. The molecule has 0 unspecified atom stereocenters. The van der Waals surface area contributed by atoms with Crippen molar-refractivity contribution in [3.8, 4) is 5.75 Å². The van der Waals surface area contributed by atoms with Crippen molar-refractivity contribution in [2.45, 2.75) is 6.92 Å². The predicted octanol–water partition coefficient (Wildman–Crippen LogP) is 3.15. The number of hydrazone groups is 1. The molecule has 8 heteroatoms. The van der Waals surface area contributed by atoms with Crippen molar-refractivity contribution < 1.29 is 17.9 Å². The molecule has 0 aliphatic rings. The topological polar surface area (TPSA) is 88.1 Å². The second-order valence-electron chi connectivity index (χ2n) is 6.53. The highest BCUT2D eigenvalue weighted by atomic mass is 32.2. The highest BCUT2D eigenvalue weighted by Gasteiger charge is 2.23. The Bertz CT molecular complexity index is 1170. The van der Waals surface area contributed by atoms with Gasteiger partial charge < -0.3 is 4.74 Å². The Balaban J connectivity index is 1.77. The van der Waals surface area contributed by atoms with E-state index in [4.69, 9.17) is 4.74 Å². The first-order valence-corrected chi connectivity index (χ1v) is 11.2. The SMILES string of the molecule is CCOc1ccccc1N(CC(=O)N/N=C\c1cccc2ccccc12)S(C)(=O)=O. The van der Waals surface area contributed by atoms with Crippen LogP contribution in [0.4, 0.5) is 5.69 Å². The van der Waals surface area contributed by atoms with Crippen LogP contribution in [0.1, 0.15) is 12.5 Å². The number of amides is 1. The Morgan fingerprint density at radius 1 is 1.07 bits per heavy atom. The van der Waals surface area contributed by atoms with Gasteiger partial charge in [-0.05, 0) is 29.8 Å². The highest BCUT2D eigenvalue weighted by molar-refractivity contribution is 7.92. The molecule has 3 rings (SSSR count). The van der Waals surface area contributed by atoms with Crippen molar-refractivity contribution >= 4 is 38.6 Å². The molecule has 156 valence electrons. The molecule has 0 fully saturated rings. The molecule has 1 N–H and O–H groups in total. The summed E-state index contributed by atoms with van der Waals surface area (Å²) in [5, 5.41) is 6.06. The average molecular weight is 426 g/mol. The van der Waals surface area contributed by atoms with Gasteiger partial charge in [-0.15, -0.1) is 0 Å². The van der Waals surface area contributed by atoms with E-state index in [0.29, 0.717) is 18.0 Å². The van der Waals surface area contributed by atoms with Gasteiger partial charge in [0, 0.05) is 5.56 Å². The number of hydrogen-bond donors (Lipinski definition) is 1. The van der Waals surface area contributed by atoms with Gasteiger partial charge in [-0.1, -0.05) is 54.6 Å². The zero-order chi connectivity index (χ0) is 21.6. The van der Waals surface area contributed by atoms with Crippen LogP contribution in [0.3, 0.4) is 0 Å². The molecule has 3 aromatic rings. The standard InChI is InChI=1S/C22H23N3O4S/c1-3-29-21-14-7-6-13-20(21)25(30(2,27)28)16-22(26)24-23-15-18-11-8-10-17-9-4-5-12-19(17)18/h4-15H,3,16H2,1-2H3,(H,24,26)/b23-15-. The maximum absolute atomic E-state index is 12.4. The number of nitrogens with zero attached hydrogens (tertiary/aromatic N) is 2. The number of nitrogens with one attached hydrogen (secondary N) is 1. The summed E-state index contributed by atoms with van der Waals surface area (Å²) in [6.07, 6.45) is 2.58. The molecule has 30 heavy (non-hydrogen) atoms. The van der Waals surface area contributed by atoms with E-state index < -0.39 is 22.5 Å². The summed E-state index contributed by atoms with van der Waals surface area (Å²) in [5.74, 6) is -0.180. The van der Waals surface area contributed by atoms with E-state index >= 15 is 0 Å². The monoisotopic (exact) mass is 425 g/mol. The molecule has 0 aliphatic heterocycles. The Kier molecular flexibility index (Phi) is 6.68. The van der Waals surface area contributed by atoms with Gasteiger partial charge in [-0.3, -0.25) is 9.10 Å².